The van der Waals surface area contributed by atoms with Crippen molar-refractivity contribution >= 4 is 20.3 Å². The fourth-order valence-electron chi connectivity index (χ4n) is 6.78. The molecule has 0 N–H and O–H groups in total. The van der Waals surface area contributed by atoms with Crippen molar-refractivity contribution in [2.75, 3.05) is 7.11 Å². The Hall–Kier alpha value is -1.10. The number of hydrogen-bond donors (Lipinski definition) is 0. The molecule has 0 saturated carbocycles. The third-order valence-electron chi connectivity index (χ3n) is 9.83. The minimum atomic E-state index is -2.26. The summed E-state index contributed by atoms with van der Waals surface area (Å²) < 4.78 is 11.2. The van der Waals surface area contributed by atoms with Gasteiger partial charge in [0.1, 0.15) is 0 Å². The first kappa shape index (κ1) is 44.9. The van der Waals surface area contributed by atoms with E-state index in [1.165, 1.54) is 212 Å². The predicted molar refractivity (Wildman–Crippen MR) is 203 cm³/mol. The number of hydrogen-bond acceptors (Lipinski definition) is 4. The maximum atomic E-state index is 13.0. The molecule has 0 aliphatic heterocycles. The Kier molecular flexibility index (Phi) is 34.4. The van der Waals surface area contributed by atoms with Crippen LogP contribution < -0.4 is 0 Å². The highest BCUT2D eigenvalue weighted by atomic mass is 28.4. The number of esters is 1. The van der Waals surface area contributed by atoms with Crippen molar-refractivity contribution in [1.82, 2.24) is 0 Å². The molecule has 0 aromatic rings. The minimum absolute atomic E-state index is 0.330. The summed E-state index contributed by atoms with van der Waals surface area (Å²) in [5.41, 5.74) is 0. The summed E-state index contributed by atoms with van der Waals surface area (Å²) in [6.07, 6.45) is 42.2. The summed E-state index contributed by atoms with van der Waals surface area (Å²) in [4.78, 5) is 24.7. The van der Waals surface area contributed by atoms with Crippen LogP contribution in [-0.4, -0.2) is 27.4 Å². The number of methoxy groups -OCH3 is 1. The van der Waals surface area contributed by atoms with Crippen LogP contribution in [0.4, 0.5) is 0 Å². The zero-order chi connectivity index (χ0) is 33.8. The highest BCUT2D eigenvalue weighted by molar-refractivity contribution is 6.75. The van der Waals surface area contributed by atoms with Crippen LogP contribution >= 0.6 is 0 Å². The van der Waals surface area contributed by atoms with Gasteiger partial charge in [0.25, 0.3) is 8.32 Å². The van der Waals surface area contributed by atoms with Gasteiger partial charge < -0.3 is 9.16 Å². The van der Waals surface area contributed by atoms with Gasteiger partial charge in [-0.3, -0.25) is 0 Å². The van der Waals surface area contributed by atoms with Crippen LogP contribution in [0.1, 0.15) is 213 Å². The zero-order valence-corrected chi connectivity index (χ0v) is 32.6. The molecular formula is C41H80O4Si. The molecule has 0 bridgehead atoms. The van der Waals surface area contributed by atoms with E-state index in [-0.39, 0.29) is 5.97 Å². The van der Waals surface area contributed by atoms with E-state index in [0.29, 0.717) is 0 Å². The number of rotatable bonds is 36. The molecule has 0 saturated heterocycles. The van der Waals surface area contributed by atoms with Crippen molar-refractivity contribution in [3.63, 3.8) is 0 Å². The van der Waals surface area contributed by atoms with Crippen LogP contribution in [0.15, 0.2) is 12.2 Å². The summed E-state index contributed by atoms with van der Waals surface area (Å²) in [6.45, 7) is 6.84. The molecule has 0 aliphatic carbocycles. The molecule has 5 heteroatoms. The Bertz CT molecular complexity index is 632. The van der Waals surface area contributed by atoms with E-state index in [1.807, 2.05) is 0 Å². The summed E-state index contributed by atoms with van der Waals surface area (Å²) >= 11 is 0. The lowest BCUT2D eigenvalue weighted by Gasteiger charge is -2.31. The van der Waals surface area contributed by atoms with Crippen LogP contribution in [0.25, 0.3) is 0 Å². The lowest BCUT2D eigenvalue weighted by Crippen LogP contribution is -2.40. The average Bonchev–Trinajstić information content (AvgIpc) is 3.06. The number of carbonyl (C=O) groups excluding carboxylic acids is 2. The maximum absolute atomic E-state index is 13.0. The number of unbranched alkanes of at least 4 members (excludes halogenated alkanes) is 27. The zero-order valence-electron chi connectivity index (χ0n) is 31.6. The lowest BCUT2D eigenvalue weighted by molar-refractivity contribution is -0.136. The average molecular weight is 665 g/mol. The van der Waals surface area contributed by atoms with E-state index in [2.05, 4.69) is 20.8 Å². The fraction of sp³-hybridized carbons (Fsp3) is 0.902. The molecule has 4 nitrogen and oxygen atoms in total. The second-order valence-corrected chi connectivity index (χ2v) is 18.3. The van der Waals surface area contributed by atoms with Gasteiger partial charge in [0.15, 0.2) is 0 Å². The standard InChI is InChI=1S/C41H80O4Si/c1-5-8-11-14-17-20-23-26-29-32-37-46(45-41(43)36-35-40(42)44-4,38-33-30-27-24-21-18-15-12-9-6-2)39-34-31-28-25-22-19-16-13-10-7-3/h35-36H,5-34,37-39H2,1-4H3/b36-35-. The summed E-state index contributed by atoms with van der Waals surface area (Å²) in [7, 11) is -0.919. The largest absolute Gasteiger partial charge is 0.516 e. The van der Waals surface area contributed by atoms with Gasteiger partial charge in [-0.1, -0.05) is 213 Å². The molecule has 0 aromatic heterocycles. The van der Waals surface area contributed by atoms with Gasteiger partial charge in [-0.15, -0.1) is 0 Å². The minimum Gasteiger partial charge on any atom is -0.516 e. The maximum Gasteiger partial charge on any atom is 0.330 e. The molecule has 0 heterocycles. The Morgan fingerprint density at radius 2 is 0.630 bits per heavy atom. The molecule has 0 rings (SSSR count). The number of ether oxygens (including phenoxy) is 1. The first-order chi connectivity index (χ1) is 22.5. The van der Waals surface area contributed by atoms with Crippen LogP contribution in [0, 0.1) is 0 Å². The highest BCUT2D eigenvalue weighted by Gasteiger charge is 2.36. The topological polar surface area (TPSA) is 52.6 Å². The van der Waals surface area contributed by atoms with E-state index in [0.717, 1.165) is 18.1 Å². The molecule has 272 valence electrons. The first-order valence-corrected chi connectivity index (χ1v) is 23.1. The molecule has 0 aromatic carbocycles. The second-order valence-electron chi connectivity index (χ2n) is 14.3. The van der Waals surface area contributed by atoms with Crippen molar-refractivity contribution in [3.8, 4) is 0 Å². The predicted octanol–water partition coefficient (Wildman–Crippen LogP) is 14.0. The molecular weight excluding hydrogens is 585 g/mol. The van der Waals surface area contributed by atoms with Crippen molar-refractivity contribution in [1.29, 1.82) is 0 Å². The van der Waals surface area contributed by atoms with Crippen LogP contribution in [0.5, 0.6) is 0 Å². The molecule has 0 spiro atoms. The third kappa shape index (κ3) is 30.2. The van der Waals surface area contributed by atoms with Gasteiger partial charge in [0.05, 0.1) is 7.11 Å². The Labute approximate surface area is 289 Å². The highest BCUT2D eigenvalue weighted by Crippen LogP contribution is 2.32. The van der Waals surface area contributed by atoms with E-state index in [9.17, 15) is 9.59 Å². The molecule has 46 heavy (non-hydrogen) atoms. The van der Waals surface area contributed by atoms with Crippen LogP contribution in [0.2, 0.25) is 18.1 Å². The molecule has 0 fully saturated rings. The van der Waals surface area contributed by atoms with Gasteiger partial charge in [-0.25, -0.2) is 9.59 Å². The van der Waals surface area contributed by atoms with Crippen molar-refractivity contribution in [3.05, 3.63) is 12.2 Å². The van der Waals surface area contributed by atoms with Crippen molar-refractivity contribution in [2.45, 2.75) is 232 Å². The normalized spacial score (nSPS) is 11.8. The number of carbonyl (C=O) groups is 2. The van der Waals surface area contributed by atoms with Gasteiger partial charge in [0.2, 0.25) is 0 Å². The second kappa shape index (κ2) is 35.2. The fourth-order valence-corrected chi connectivity index (χ4v) is 11.0. The van der Waals surface area contributed by atoms with Crippen molar-refractivity contribution in [2.24, 2.45) is 0 Å². The van der Waals surface area contributed by atoms with E-state index >= 15 is 0 Å². The van der Waals surface area contributed by atoms with Crippen LogP contribution in [0.3, 0.4) is 0 Å². The molecule has 0 aliphatic rings. The van der Waals surface area contributed by atoms with Gasteiger partial charge in [-0.05, 0) is 18.1 Å². The molecule has 0 unspecified atom stereocenters. The Balaban J connectivity index is 5.04. The SMILES string of the molecule is CCCCCCCCCCCC[Si](CCCCCCCCCCCC)(CCCCCCCCCCCC)OC(=O)/C=C\C(=O)OC. The van der Waals surface area contributed by atoms with Gasteiger partial charge >= 0.3 is 11.9 Å². The molecule has 0 atom stereocenters. The first-order valence-electron chi connectivity index (χ1n) is 20.5. The van der Waals surface area contributed by atoms with E-state index in [4.69, 9.17) is 9.16 Å². The molecule has 0 radical (unpaired) electrons. The summed E-state index contributed by atoms with van der Waals surface area (Å²) in [5.74, 6) is -0.827. The van der Waals surface area contributed by atoms with E-state index < -0.39 is 14.3 Å². The van der Waals surface area contributed by atoms with E-state index in [1.54, 1.807) is 0 Å². The van der Waals surface area contributed by atoms with Crippen LogP contribution in [-0.2, 0) is 18.8 Å². The quantitative estimate of drug-likeness (QED) is 0.0289. The smallest absolute Gasteiger partial charge is 0.330 e. The summed E-state index contributed by atoms with van der Waals surface area (Å²) in [6, 6.07) is 3.24. The van der Waals surface area contributed by atoms with Crippen molar-refractivity contribution < 1.29 is 18.8 Å². The Morgan fingerprint density at radius 3 is 0.891 bits per heavy atom. The third-order valence-corrected chi connectivity index (χ3v) is 14.3. The molecule has 0 amide bonds. The Morgan fingerprint density at radius 1 is 0.391 bits per heavy atom. The lowest BCUT2D eigenvalue weighted by atomic mass is 10.1. The summed E-state index contributed by atoms with van der Waals surface area (Å²) in [5, 5.41) is 0. The van der Waals surface area contributed by atoms with Gasteiger partial charge in [-0.2, -0.15) is 0 Å². The monoisotopic (exact) mass is 665 g/mol. The van der Waals surface area contributed by atoms with Gasteiger partial charge in [0, 0.05) is 12.2 Å².